The minimum atomic E-state index is 0.890. The minimum absolute atomic E-state index is 0.890. The zero-order valence-corrected chi connectivity index (χ0v) is 7.64. The molecular formula is C10H20O. The van der Waals surface area contributed by atoms with E-state index in [-0.39, 0.29) is 0 Å². The summed E-state index contributed by atoms with van der Waals surface area (Å²) in [4.78, 5) is 0. The molecule has 0 bridgehead atoms. The number of hydrogen-bond donors (Lipinski definition) is 0. The maximum atomic E-state index is 5.28. The molecule has 11 heavy (non-hydrogen) atoms. The van der Waals surface area contributed by atoms with E-state index in [4.69, 9.17) is 4.74 Å². The van der Waals surface area contributed by atoms with Gasteiger partial charge >= 0.3 is 0 Å². The molecule has 2 radical (unpaired) electrons. The number of hydrogen-bond acceptors (Lipinski definition) is 1. The van der Waals surface area contributed by atoms with Gasteiger partial charge in [0, 0.05) is 6.61 Å². The molecule has 0 N–H and O–H groups in total. The fourth-order valence-electron chi connectivity index (χ4n) is 0.799. The third kappa shape index (κ3) is 9.96. The quantitative estimate of drug-likeness (QED) is 0.490. The van der Waals surface area contributed by atoms with Crippen LogP contribution in [0.1, 0.15) is 45.4 Å². The summed E-state index contributed by atoms with van der Waals surface area (Å²) >= 11 is 0. The van der Waals surface area contributed by atoms with E-state index >= 15 is 0 Å². The van der Waals surface area contributed by atoms with E-state index in [0.717, 1.165) is 19.4 Å². The summed E-state index contributed by atoms with van der Waals surface area (Å²) in [5.41, 5.74) is 0. The second kappa shape index (κ2) is 9.96. The lowest BCUT2D eigenvalue weighted by atomic mass is 10.2. The maximum Gasteiger partial charge on any atom is 0.0836 e. The van der Waals surface area contributed by atoms with Gasteiger partial charge in [0.2, 0.25) is 0 Å². The lowest BCUT2D eigenvalue weighted by molar-refractivity contribution is 0.186. The fourth-order valence-corrected chi connectivity index (χ4v) is 0.799. The molecule has 0 aliphatic rings. The number of rotatable bonds is 8. The summed E-state index contributed by atoms with van der Waals surface area (Å²) in [5.74, 6) is 0. The number of unbranched alkanes of at least 4 members (excludes halogenated alkanes) is 4. The molecule has 66 valence electrons. The first kappa shape index (κ1) is 11.0. The highest BCUT2D eigenvalue weighted by atomic mass is 16.5. The molecule has 0 aromatic heterocycles. The average molecular weight is 156 g/mol. The monoisotopic (exact) mass is 156 g/mol. The Morgan fingerprint density at radius 2 is 2.09 bits per heavy atom. The molecule has 0 spiro atoms. The van der Waals surface area contributed by atoms with E-state index < -0.39 is 0 Å². The standard InChI is InChI=1S/C10H20O/c1-3-5-7-8-10-11-9-6-4-2/h10H,1,3-9H2,2H3. The lowest BCUT2D eigenvalue weighted by Crippen LogP contribution is -1.90. The molecule has 1 nitrogen and oxygen atoms in total. The van der Waals surface area contributed by atoms with Crippen LogP contribution in [-0.4, -0.2) is 6.61 Å². The predicted octanol–water partition coefficient (Wildman–Crippen LogP) is 3.36. The van der Waals surface area contributed by atoms with Crippen LogP contribution in [-0.2, 0) is 4.74 Å². The Labute approximate surface area is 71.1 Å². The molecule has 0 unspecified atom stereocenters. The van der Waals surface area contributed by atoms with Gasteiger partial charge < -0.3 is 4.74 Å². The molecule has 1 heteroatoms. The van der Waals surface area contributed by atoms with Gasteiger partial charge in [-0.15, -0.1) is 0 Å². The Hall–Kier alpha value is -0.0400. The van der Waals surface area contributed by atoms with Crippen LogP contribution in [0, 0.1) is 13.5 Å². The SMILES string of the molecule is [CH2]CCCC[CH]OCCCC. The Morgan fingerprint density at radius 1 is 1.27 bits per heavy atom. The Kier molecular flexibility index (Phi) is 9.92. The zero-order valence-electron chi connectivity index (χ0n) is 7.64. The second-order valence-electron chi connectivity index (χ2n) is 2.74. The van der Waals surface area contributed by atoms with Crippen LogP contribution in [0.25, 0.3) is 0 Å². The molecule has 0 fully saturated rings. The van der Waals surface area contributed by atoms with Crippen molar-refractivity contribution in [3.05, 3.63) is 13.5 Å². The van der Waals surface area contributed by atoms with Gasteiger partial charge in [-0.05, 0) is 12.8 Å². The summed E-state index contributed by atoms with van der Waals surface area (Å²) in [5, 5.41) is 0. The van der Waals surface area contributed by atoms with Crippen molar-refractivity contribution in [2.24, 2.45) is 0 Å². The van der Waals surface area contributed by atoms with Gasteiger partial charge in [0.1, 0.15) is 0 Å². The molecule has 0 aliphatic carbocycles. The van der Waals surface area contributed by atoms with E-state index in [1.165, 1.54) is 25.7 Å². The van der Waals surface area contributed by atoms with Crippen molar-refractivity contribution in [3.8, 4) is 0 Å². The molecule has 0 rings (SSSR count). The van der Waals surface area contributed by atoms with Crippen molar-refractivity contribution in [1.82, 2.24) is 0 Å². The molecule has 0 saturated heterocycles. The molecule has 0 aromatic rings. The van der Waals surface area contributed by atoms with E-state index in [0.29, 0.717) is 0 Å². The number of ether oxygens (including phenoxy) is 1. The maximum absolute atomic E-state index is 5.28. The van der Waals surface area contributed by atoms with Gasteiger partial charge in [0.15, 0.2) is 0 Å². The van der Waals surface area contributed by atoms with Crippen LogP contribution in [0.5, 0.6) is 0 Å². The van der Waals surface area contributed by atoms with Crippen LogP contribution in [0.4, 0.5) is 0 Å². The van der Waals surface area contributed by atoms with Crippen LogP contribution in [0.15, 0.2) is 0 Å². The van der Waals surface area contributed by atoms with Crippen LogP contribution in [0.3, 0.4) is 0 Å². The first-order chi connectivity index (χ1) is 5.41. The smallest absolute Gasteiger partial charge is 0.0836 e. The fraction of sp³-hybridized carbons (Fsp3) is 0.800. The minimum Gasteiger partial charge on any atom is -0.376 e. The van der Waals surface area contributed by atoms with Crippen LogP contribution >= 0.6 is 0 Å². The van der Waals surface area contributed by atoms with Gasteiger partial charge in [-0.1, -0.05) is 39.5 Å². The second-order valence-corrected chi connectivity index (χ2v) is 2.74. The van der Waals surface area contributed by atoms with Crippen LogP contribution < -0.4 is 0 Å². The Morgan fingerprint density at radius 3 is 2.73 bits per heavy atom. The van der Waals surface area contributed by atoms with Crippen molar-refractivity contribution in [2.75, 3.05) is 6.61 Å². The largest absolute Gasteiger partial charge is 0.376 e. The summed E-state index contributed by atoms with van der Waals surface area (Å²) in [6.45, 7) is 8.78. The highest BCUT2D eigenvalue weighted by Crippen LogP contribution is 2.02. The molecule has 0 aliphatic heterocycles. The van der Waals surface area contributed by atoms with E-state index in [1.54, 1.807) is 0 Å². The van der Waals surface area contributed by atoms with Gasteiger partial charge in [-0.3, -0.25) is 0 Å². The van der Waals surface area contributed by atoms with E-state index in [2.05, 4.69) is 13.8 Å². The van der Waals surface area contributed by atoms with Crippen molar-refractivity contribution in [3.63, 3.8) is 0 Å². The van der Waals surface area contributed by atoms with Crippen molar-refractivity contribution >= 4 is 0 Å². The molecule has 0 amide bonds. The van der Waals surface area contributed by atoms with Crippen molar-refractivity contribution in [2.45, 2.75) is 45.4 Å². The Balaban J connectivity index is 2.69. The van der Waals surface area contributed by atoms with Crippen LogP contribution in [0.2, 0.25) is 0 Å². The molecule has 0 saturated carbocycles. The van der Waals surface area contributed by atoms with Gasteiger partial charge in [0.25, 0.3) is 0 Å². The summed E-state index contributed by atoms with van der Waals surface area (Å²) < 4.78 is 5.28. The molecule has 0 aromatic carbocycles. The lowest BCUT2D eigenvalue weighted by Gasteiger charge is -2.00. The topological polar surface area (TPSA) is 9.23 Å². The average Bonchev–Trinajstić information content (AvgIpc) is 2.03. The van der Waals surface area contributed by atoms with Crippen molar-refractivity contribution in [1.29, 1.82) is 0 Å². The summed E-state index contributed by atoms with van der Waals surface area (Å²) in [7, 11) is 0. The highest BCUT2D eigenvalue weighted by molar-refractivity contribution is 4.52. The third-order valence-electron chi connectivity index (χ3n) is 1.56. The van der Waals surface area contributed by atoms with Gasteiger partial charge in [-0.2, -0.15) is 0 Å². The summed E-state index contributed by atoms with van der Waals surface area (Å²) in [6.07, 6.45) is 6.95. The highest BCUT2D eigenvalue weighted by Gasteiger charge is 1.88. The summed E-state index contributed by atoms with van der Waals surface area (Å²) in [6, 6.07) is 0. The normalized spacial score (nSPS) is 10.4. The van der Waals surface area contributed by atoms with Gasteiger partial charge in [-0.25, -0.2) is 0 Å². The molecular weight excluding hydrogens is 136 g/mol. The van der Waals surface area contributed by atoms with Gasteiger partial charge in [0.05, 0.1) is 6.61 Å². The first-order valence-corrected chi connectivity index (χ1v) is 4.64. The Bertz CT molecular complexity index is 53.9. The first-order valence-electron chi connectivity index (χ1n) is 4.64. The zero-order chi connectivity index (χ0) is 8.36. The molecule has 0 heterocycles. The van der Waals surface area contributed by atoms with E-state index in [9.17, 15) is 0 Å². The van der Waals surface area contributed by atoms with E-state index in [1.807, 2.05) is 6.61 Å². The third-order valence-corrected chi connectivity index (χ3v) is 1.56. The van der Waals surface area contributed by atoms with Crippen molar-refractivity contribution < 1.29 is 4.74 Å². The predicted molar refractivity (Wildman–Crippen MR) is 49.0 cm³/mol. The molecule has 0 atom stereocenters.